The molecule has 0 saturated heterocycles. The molecule has 1 aliphatic heterocycles. The lowest BCUT2D eigenvalue weighted by Crippen LogP contribution is -2.17. The number of anilines is 2. The summed E-state index contributed by atoms with van der Waals surface area (Å²) in [6.45, 7) is 19.1. The van der Waals surface area contributed by atoms with Crippen molar-refractivity contribution in [3.8, 4) is 5.75 Å². The van der Waals surface area contributed by atoms with Crippen LogP contribution in [-0.4, -0.2) is 11.0 Å². The van der Waals surface area contributed by atoms with Gasteiger partial charge in [-0.15, -0.1) is 11.8 Å². The smallest absolute Gasteiger partial charge is 0.123 e. The van der Waals surface area contributed by atoms with Crippen LogP contribution in [0.25, 0.3) is 0 Å². The summed E-state index contributed by atoms with van der Waals surface area (Å²) in [7, 11) is 0. The first kappa shape index (κ1) is 25.0. The minimum Gasteiger partial charge on any atom is -0.507 e. The van der Waals surface area contributed by atoms with E-state index in [1.54, 1.807) is 11.8 Å². The first-order valence-corrected chi connectivity index (χ1v) is 12.5. The Balaban J connectivity index is 1.77. The molecule has 0 aliphatic carbocycles. The van der Waals surface area contributed by atoms with Gasteiger partial charge in [0.15, 0.2) is 0 Å². The summed E-state index contributed by atoms with van der Waals surface area (Å²) in [5.41, 5.74) is 7.42. The Morgan fingerprint density at radius 1 is 1.06 bits per heavy atom. The molecule has 3 N–H and O–H groups in total. The van der Waals surface area contributed by atoms with Gasteiger partial charge in [0.05, 0.1) is 5.88 Å². The Bertz CT molecular complexity index is 1060. The molecule has 2 aromatic carbocycles. The van der Waals surface area contributed by atoms with Crippen LogP contribution in [0, 0.1) is 0 Å². The van der Waals surface area contributed by atoms with Gasteiger partial charge >= 0.3 is 0 Å². The maximum absolute atomic E-state index is 10.9. The molecular weight excluding hydrogens is 424 g/mol. The Labute approximate surface area is 204 Å². The van der Waals surface area contributed by atoms with Crippen molar-refractivity contribution in [1.82, 2.24) is 0 Å². The first-order chi connectivity index (χ1) is 15.4. The van der Waals surface area contributed by atoms with Gasteiger partial charge in [0.2, 0.25) is 0 Å². The second kappa shape index (κ2) is 9.72. The van der Waals surface area contributed by atoms with Gasteiger partial charge in [-0.25, -0.2) is 0 Å². The fourth-order valence-corrected chi connectivity index (χ4v) is 4.74. The van der Waals surface area contributed by atoms with Gasteiger partial charge in [-0.1, -0.05) is 66.3 Å². The number of allylic oxidation sites excluding steroid dienone is 4. The third kappa shape index (κ3) is 6.05. The Morgan fingerprint density at radius 2 is 1.70 bits per heavy atom. The summed E-state index contributed by atoms with van der Waals surface area (Å²) in [6.07, 6.45) is 7.08. The van der Waals surface area contributed by atoms with Crippen molar-refractivity contribution < 1.29 is 5.11 Å². The molecule has 1 heterocycles. The Kier molecular flexibility index (Phi) is 7.38. The first-order valence-electron chi connectivity index (χ1n) is 11.6. The average molecular weight is 463 g/mol. The quantitative estimate of drug-likeness (QED) is 0.310. The van der Waals surface area contributed by atoms with E-state index in [1.165, 1.54) is 16.0 Å². The minimum absolute atomic E-state index is 0.123. The van der Waals surface area contributed by atoms with Crippen molar-refractivity contribution in [3.63, 3.8) is 0 Å². The van der Waals surface area contributed by atoms with Gasteiger partial charge in [-0.2, -0.15) is 0 Å². The molecule has 176 valence electrons. The number of rotatable bonds is 5. The van der Waals surface area contributed by atoms with Gasteiger partial charge in [0.25, 0.3) is 0 Å². The molecule has 1 aliphatic rings. The second-order valence-corrected chi connectivity index (χ2v) is 11.8. The molecule has 0 spiro atoms. The SMILES string of the molecule is C=C1Nc2ccc(NCSc3cc(C(C)(C)C)c(O)c(C(C)(C)C)c3)cc2C/C1=C/C=C\C. The highest BCUT2D eigenvalue weighted by molar-refractivity contribution is 7.99. The highest BCUT2D eigenvalue weighted by atomic mass is 32.2. The zero-order chi connectivity index (χ0) is 24.4. The van der Waals surface area contributed by atoms with Gasteiger partial charge < -0.3 is 15.7 Å². The highest BCUT2D eigenvalue weighted by Crippen LogP contribution is 2.42. The van der Waals surface area contributed by atoms with Crippen LogP contribution in [0.1, 0.15) is 65.2 Å². The fourth-order valence-electron chi connectivity index (χ4n) is 3.94. The van der Waals surface area contributed by atoms with Crippen LogP contribution >= 0.6 is 11.8 Å². The predicted molar refractivity (Wildman–Crippen MR) is 146 cm³/mol. The molecule has 0 radical (unpaired) electrons. The minimum atomic E-state index is -0.123. The zero-order valence-corrected chi connectivity index (χ0v) is 21.9. The third-order valence-corrected chi connectivity index (χ3v) is 6.72. The van der Waals surface area contributed by atoms with Crippen LogP contribution in [0.3, 0.4) is 0 Å². The van der Waals surface area contributed by atoms with E-state index in [1.807, 2.05) is 13.0 Å². The number of benzene rings is 2. The van der Waals surface area contributed by atoms with Gasteiger partial charge in [0.1, 0.15) is 5.75 Å². The number of nitrogens with one attached hydrogen (secondary N) is 2. The van der Waals surface area contributed by atoms with Crippen molar-refractivity contribution in [1.29, 1.82) is 0 Å². The largest absolute Gasteiger partial charge is 0.507 e. The van der Waals surface area contributed by atoms with Crippen LogP contribution < -0.4 is 10.6 Å². The number of phenolic OH excluding ortho intramolecular Hbond substituents is 1. The summed E-state index contributed by atoms with van der Waals surface area (Å²) < 4.78 is 0. The topological polar surface area (TPSA) is 44.3 Å². The standard InChI is InChI=1S/C29H38N2OS/c1-9-10-11-20-14-21-15-22(12-13-26(21)31-19(20)2)30-18-33-23-16-24(28(3,4)5)27(32)25(17-23)29(6,7)8/h9-13,15-17,30-32H,2,14,18H2,1,3-8H3/b10-9-,20-11-. The Morgan fingerprint density at radius 3 is 2.27 bits per heavy atom. The molecule has 0 fully saturated rings. The van der Waals surface area contributed by atoms with Crippen molar-refractivity contribution in [2.75, 3.05) is 16.5 Å². The van der Waals surface area contributed by atoms with E-state index in [0.717, 1.165) is 40.5 Å². The molecule has 4 heteroatoms. The summed E-state index contributed by atoms with van der Waals surface area (Å²) in [4.78, 5) is 1.17. The molecule has 33 heavy (non-hydrogen) atoms. The van der Waals surface area contributed by atoms with Gasteiger partial charge in [-0.3, -0.25) is 0 Å². The molecule has 0 atom stereocenters. The maximum atomic E-state index is 10.9. The number of fused-ring (bicyclic) bond motifs is 1. The summed E-state index contributed by atoms with van der Waals surface area (Å²) in [6, 6.07) is 10.7. The highest BCUT2D eigenvalue weighted by Gasteiger charge is 2.26. The Hall–Kier alpha value is -2.59. The average Bonchev–Trinajstić information content (AvgIpc) is 2.71. The number of phenols is 1. The molecule has 3 nitrogen and oxygen atoms in total. The molecule has 2 aromatic rings. The molecule has 0 unspecified atom stereocenters. The molecule has 0 saturated carbocycles. The third-order valence-electron chi connectivity index (χ3n) is 5.86. The normalized spacial score (nSPS) is 15.6. The van der Waals surface area contributed by atoms with Crippen molar-refractivity contribution in [2.45, 2.75) is 70.6 Å². The lowest BCUT2D eigenvalue weighted by molar-refractivity contribution is 0.422. The number of hydrogen-bond acceptors (Lipinski definition) is 4. The van der Waals surface area contributed by atoms with E-state index in [4.69, 9.17) is 0 Å². The van der Waals surface area contributed by atoms with Crippen molar-refractivity contribution >= 4 is 23.1 Å². The molecule has 0 aromatic heterocycles. The van der Waals surface area contributed by atoms with E-state index < -0.39 is 0 Å². The molecule has 0 bridgehead atoms. The monoisotopic (exact) mass is 462 g/mol. The molecular formula is C29H38N2OS. The lowest BCUT2D eigenvalue weighted by atomic mass is 9.79. The fraction of sp³-hybridized carbons (Fsp3) is 0.379. The molecule has 3 rings (SSSR count). The zero-order valence-electron chi connectivity index (χ0n) is 21.1. The predicted octanol–water partition coefficient (Wildman–Crippen LogP) is 8.13. The maximum Gasteiger partial charge on any atom is 0.123 e. The lowest BCUT2D eigenvalue weighted by Gasteiger charge is -2.28. The van der Waals surface area contributed by atoms with E-state index in [2.05, 4.69) is 101 Å². The van der Waals surface area contributed by atoms with Crippen molar-refractivity contribution in [2.24, 2.45) is 0 Å². The second-order valence-electron chi connectivity index (χ2n) is 10.7. The number of aromatic hydroxyl groups is 1. The van der Waals surface area contributed by atoms with Crippen LogP contribution in [0.5, 0.6) is 5.75 Å². The number of thioether (sulfide) groups is 1. The van der Waals surface area contributed by atoms with Gasteiger partial charge in [-0.05, 0) is 59.2 Å². The van der Waals surface area contributed by atoms with E-state index in [9.17, 15) is 5.11 Å². The van der Waals surface area contributed by atoms with Crippen LogP contribution in [0.2, 0.25) is 0 Å². The molecule has 0 amide bonds. The van der Waals surface area contributed by atoms with E-state index in [0.29, 0.717) is 5.75 Å². The van der Waals surface area contributed by atoms with E-state index in [-0.39, 0.29) is 10.8 Å². The van der Waals surface area contributed by atoms with E-state index >= 15 is 0 Å². The van der Waals surface area contributed by atoms with Gasteiger partial charge in [0, 0.05) is 39.5 Å². The van der Waals surface area contributed by atoms with Crippen LogP contribution in [0.4, 0.5) is 11.4 Å². The van der Waals surface area contributed by atoms with Crippen molar-refractivity contribution in [3.05, 3.63) is 83.1 Å². The number of hydrogen-bond donors (Lipinski definition) is 3. The summed E-state index contributed by atoms with van der Waals surface area (Å²) in [5, 5.41) is 17.9. The summed E-state index contributed by atoms with van der Waals surface area (Å²) >= 11 is 1.76. The summed E-state index contributed by atoms with van der Waals surface area (Å²) in [5.74, 6) is 1.18. The van der Waals surface area contributed by atoms with Crippen LogP contribution in [0.15, 0.2) is 71.3 Å². The van der Waals surface area contributed by atoms with Crippen LogP contribution in [-0.2, 0) is 17.3 Å².